The summed E-state index contributed by atoms with van der Waals surface area (Å²) in [5.74, 6) is -0.140. The molecule has 1 atom stereocenters. The molecule has 1 saturated heterocycles. The third kappa shape index (κ3) is 3.94. The molecule has 0 spiro atoms. The van der Waals surface area contributed by atoms with Crippen LogP contribution in [0.25, 0.3) is 0 Å². The average Bonchev–Trinajstić information content (AvgIpc) is 2.47. The maximum Gasteiger partial charge on any atom is 0.259 e. The summed E-state index contributed by atoms with van der Waals surface area (Å²) < 4.78 is 5.09. The van der Waals surface area contributed by atoms with E-state index in [1.165, 1.54) is 6.07 Å². The summed E-state index contributed by atoms with van der Waals surface area (Å²) in [6.07, 6.45) is 6.58. The molecule has 5 heteroatoms. The second-order valence-electron chi connectivity index (χ2n) is 5.68. The molecular formula is C16H24N2O3. The van der Waals surface area contributed by atoms with Gasteiger partial charge in [-0.15, -0.1) is 0 Å². The third-order valence-electron chi connectivity index (χ3n) is 4.06. The highest BCUT2D eigenvalue weighted by Crippen LogP contribution is 2.22. The predicted octanol–water partition coefficient (Wildman–Crippen LogP) is 2.10. The van der Waals surface area contributed by atoms with Gasteiger partial charge in [0, 0.05) is 44.3 Å². The van der Waals surface area contributed by atoms with Gasteiger partial charge in [-0.1, -0.05) is 0 Å². The van der Waals surface area contributed by atoms with E-state index in [-0.39, 0.29) is 22.9 Å². The van der Waals surface area contributed by atoms with Crippen molar-refractivity contribution in [2.75, 3.05) is 20.3 Å². The van der Waals surface area contributed by atoms with Gasteiger partial charge in [0.15, 0.2) is 5.43 Å². The summed E-state index contributed by atoms with van der Waals surface area (Å²) in [5.41, 5.74) is 0.823. The Labute approximate surface area is 125 Å². The van der Waals surface area contributed by atoms with Crippen LogP contribution < -0.4 is 5.43 Å². The van der Waals surface area contributed by atoms with Crippen LogP contribution in [0.5, 0.6) is 0 Å². The van der Waals surface area contributed by atoms with Gasteiger partial charge in [0.1, 0.15) is 5.56 Å². The van der Waals surface area contributed by atoms with Crippen molar-refractivity contribution >= 4 is 5.91 Å². The van der Waals surface area contributed by atoms with Gasteiger partial charge in [-0.3, -0.25) is 9.59 Å². The number of carbonyl (C=O) groups excluding carboxylic acids is 1. The Balaban J connectivity index is 2.12. The number of nitrogens with one attached hydrogen (secondary N) is 1. The zero-order valence-electron chi connectivity index (χ0n) is 12.9. The molecule has 1 aromatic heterocycles. The minimum atomic E-state index is -0.197. The number of aryl methyl sites for hydroxylation is 1. The van der Waals surface area contributed by atoms with Crippen LogP contribution in [0, 0.1) is 6.92 Å². The van der Waals surface area contributed by atoms with Gasteiger partial charge in [-0.25, -0.2) is 0 Å². The van der Waals surface area contributed by atoms with Crippen molar-refractivity contribution in [1.29, 1.82) is 0 Å². The van der Waals surface area contributed by atoms with Crippen LogP contribution in [0.4, 0.5) is 0 Å². The van der Waals surface area contributed by atoms with E-state index in [1.54, 1.807) is 13.3 Å². The lowest BCUT2D eigenvalue weighted by molar-refractivity contribution is 0.0583. The Hall–Kier alpha value is -1.62. The summed E-state index contributed by atoms with van der Waals surface area (Å²) in [7, 11) is 1.69. The zero-order valence-corrected chi connectivity index (χ0v) is 12.9. The van der Waals surface area contributed by atoms with Gasteiger partial charge < -0.3 is 14.6 Å². The zero-order chi connectivity index (χ0) is 15.2. The number of H-pyrrole nitrogens is 1. The minimum absolute atomic E-state index is 0.140. The highest BCUT2D eigenvalue weighted by Gasteiger charge is 2.28. The topological polar surface area (TPSA) is 62.4 Å². The molecule has 1 amide bonds. The number of aromatic amines is 1. The summed E-state index contributed by atoms with van der Waals surface area (Å²) >= 11 is 0. The van der Waals surface area contributed by atoms with E-state index in [4.69, 9.17) is 4.74 Å². The summed E-state index contributed by atoms with van der Waals surface area (Å²) in [5, 5.41) is 0. The molecule has 2 heterocycles. The molecule has 1 fully saturated rings. The number of hydrogen-bond donors (Lipinski definition) is 1. The Morgan fingerprint density at radius 2 is 2.29 bits per heavy atom. The Morgan fingerprint density at radius 3 is 3.00 bits per heavy atom. The minimum Gasteiger partial charge on any atom is -0.385 e. The first-order valence-electron chi connectivity index (χ1n) is 7.62. The smallest absolute Gasteiger partial charge is 0.259 e. The molecule has 0 saturated carbocycles. The fourth-order valence-corrected chi connectivity index (χ4v) is 2.93. The number of aromatic nitrogens is 1. The standard InChI is InChI=1S/C16H24N2O3/c1-12-10-15(19)14(11-17-12)16(20)18-8-4-3-6-13(18)7-5-9-21-2/h10-11,13H,3-9H2,1-2H3,(H,17,19). The maximum absolute atomic E-state index is 12.6. The summed E-state index contributed by atoms with van der Waals surface area (Å²) in [4.78, 5) is 29.5. The van der Waals surface area contributed by atoms with Gasteiger partial charge in [0.2, 0.25) is 0 Å². The normalized spacial score (nSPS) is 18.8. The number of rotatable bonds is 5. The van der Waals surface area contributed by atoms with E-state index in [0.717, 1.165) is 44.3 Å². The molecule has 0 aliphatic carbocycles. The van der Waals surface area contributed by atoms with E-state index in [9.17, 15) is 9.59 Å². The highest BCUT2D eigenvalue weighted by atomic mass is 16.5. The van der Waals surface area contributed by atoms with Crippen LogP contribution in [-0.4, -0.2) is 42.1 Å². The number of piperidine rings is 1. The molecule has 0 bridgehead atoms. The predicted molar refractivity (Wildman–Crippen MR) is 81.6 cm³/mol. The third-order valence-corrected chi connectivity index (χ3v) is 4.06. The number of pyridine rings is 1. The van der Waals surface area contributed by atoms with Crippen molar-refractivity contribution in [3.05, 3.63) is 33.7 Å². The molecule has 0 radical (unpaired) electrons. The monoisotopic (exact) mass is 292 g/mol. The van der Waals surface area contributed by atoms with Gasteiger partial charge in [0.05, 0.1) is 0 Å². The Bertz CT molecular complexity index is 539. The molecule has 1 unspecified atom stereocenters. The number of amides is 1. The first-order valence-corrected chi connectivity index (χ1v) is 7.62. The first kappa shape index (κ1) is 15.8. The van der Waals surface area contributed by atoms with Crippen molar-refractivity contribution in [2.45, 2.75) is 45.1 Å². The largest absolute Gasteiger partial charge is 0.385 e. The molecule has 1 aliphatic heterocycles. The summed E-state index contributed by atoms with van der Waals surface area (Å²) in [6, 6.07) is 1.71. The Kier molecular flexibility index (Phi) is 5.56. The van der Waals surface area contributed by atoms with Crippen LogP contribution in [0.1, 0.15) is 48.2 Å². The number of ether oxygens (including phenoxy) is 1. The number of nitrogens with zero attached hydrogens (tertiary/aromatic N) is 1. The van der Waals surface area contributed by atoms with Crippen LogP contribution >= 0.6 is 0 Å². The molecule has 0 aromatic carbocycles. The second kappa shape index (κ2) is 7.41. The maximum atomic E-state index is 12.6. The molecule has 21 heavy (non-hydrogen) atoms. The van der Waals surface area contributed by atoms with Crippen molar-refractivity contribution < 1.29 is 9.53 Å². The van der Waals surface area contributed by atoms with Crippen molar-refractivity contribution in [3.63, 3.8) is 0 Å². The van der Waals surface area contributed by atoms with Gasteiger partial charge >= 0.3 is 0 Å². The molecule has 1 N–H and O–H groups in total. The highest BCUT2D eigenvalue weighted by molar-refractivity contribution is 5.94. The molecule has 1 aliphatic rings. The van der Waals surface area contributed by atoms with Crippen LogP contribution in [0.3, 0.4) is 0 Å². The number of hydrogen-bond acceptors (Lipinski definition) is 3. The van der Waals surface area contributed by atoms with Crippen LogP contribution in [-0.2, 0) is 4.74 Å². The molecule has 1 aromatic rings. The lowest BCUT2D eigenvalue weighted by Crippen LogP contribution is -2.45. The fourth-order valence-electron chi connectivity index (χ4n) is 2.93. The quantitative estimate of drug-likeness (QED) is 0.845. The first-order chi connectivity index (χ1) is 10.1. The number of methoxy groups -OCH3 is 1. The van der Waals surface area contributed by atoms with Crippen LogP contribution in [0.2, 0.25) is 0 Å². The van der Waals surface area contributed by atoms with E-state index >= 15 is 0 Å². The Morgan fingerprint density at radius 1 is 1.48 bits per heavy atom. The molecule has 116 valence electrons. The molecule has 5 nitrogen and oxygen atoms in total. The lowest BCUT2D eigenvalue weighted by Gasteiger charge is -2.35. The second-order valence-corrected chi connectivity index (χ2v) is 5.68. The van der Waals surface area contributed by atoms with Crippen molar-refractivity contribution in [3.8, 4) is 0 Å². The van der Waals surface area contributed by atoms with Gasteiger partial charge in [-0.05, 0) is 39.0 Å². The van der Waals surface area contributed by atoms with Gasteiger partial charge in [-0.2, -0.15) is 0 Å². The number of carbonyl (C=O) groups is 1. The van der Waals surface area contributed by atoms with E-state index in [1.807, 2.05) is 11.8 Å². The average molecular weight is 292 g/mol. The van der Waals surface area contributed by atoms with E-state index in [0.29, 0.717) is 6.61 Å². The SMILES string of the molecule is COCCCC1CCCCN1C(=O)c1c[nH]c(C)cc1=O. The molecular weight excluding hydrogens is 268 g/mol. The fraction of sp³-hybridized carbons (Fsp3) is 0.625. The van der Waals surface area contributed by atoms with E-state index in [2.05, 4.69) is 4.98 Å². The number of likely N-dealkylation sites (tertiary alicyclic amines) is 1. The van der Waals surface area contributed by atoms with Gasteiger partial charge in [0.25, 0.3) is 5.91 Å². The van der Waals surface area contributed by atoms with Crippen LogP contribution in [0.15, 0.2) is 17.1 Å². The van der Waals surface area contributed by atoms with E-state index < -0.39 is 0 Å². The molecule has 2 rings (SSSR count). The summed E-state index contributed by atoms with van der Waals surface area (Å²) in [6.45, 7) is 3.26. The van der Waals surface area contributed by atoms with Crippen molar-refractivity contribution in [1.82, 2.24) is 9.88 Å². The lowest BCUT2D eigenvalue weighted by atomic mass is 9.97. The van der Waals surface area contributed by atoms with Crippen molar-refractivity contribution in [2.24, 2.45) is 0 Å².